The Balaban J connectivity index is 2.89. The Morgan fingerprint density at radius 2 is 2.00 bits per heavy atom. The highest BCUT2D eigenvalue weighted by Crippen LogP contribution is 2.29. The number of hydrogen-bond acceptors (Lipinski definition) is 2. The second kappa shape index (κ2) is 2.62. The quantitative estimate of drug-likeness (QED) is 0.516. The number of primary amides is 2. The average Bonchev–Trinajstić information content (AvgIpc) is 2.32. The van der Waals surface area contributed by atoms with Crippen LogP contribution in [0, 0.1) is 0 Å². The summed E-state index contributed by atoms with van der Waals surface area (Å²) in [6, 6.07) is -0.950. The first-order chi connectivity index (χ1) is 5.48. The first-order valence-corrected chi connectivity index (χ1v) is 3.54. The highest BCUT2D eigenvalue weighted by molar-refractivity contribution is 5.88. The van der Waals surface area contributed by atoms with Gasteiger partial charge in [0.15, 0.2) is 0 Å². The van der Waals surface area contributed by atoms with E-state index in [-0.39, 0.29) is 13.0 Å². The third-order valence-corrected chi connectivity index (χ3v) is 1.96. The van der Waals surface area contributed by atoms with Gasteiger partial charge < -0.3 is 11.5 Å². The van der Waals surface area contributed by atoms with Crippen LogP contribution in [0.5, 0.6) is 0 Å². The molecule has 1 aliphatic rings. The lowest BCUT2D eigenvalue weighted by atomic mass is 10.2. The van der Waals surface area contributed by atoms with Crippen LogP contribution in [0.4, 0.5) is 9.18 Å². The van der Waals surface area contributed by atoms with E-state index in [2.05, 4.69) is 0 Å². The Hall–Kier alpha value is -1.33. The summed E-state index contributed by atoms with van der Waals surface area (Å²) in [5.74, 6) is -3.52. The van der Waals surface area contributed by atoms with Crippen LogP contribution in [-0.2, 0) is 4.79 Å². The van der Waals surface area contributed by atoms with Crippen molar-refractivity contribution >= 4 is 11.9 Å². The van der Waals surface area contributed by atoms with Gasteiger partial charge in [0, 0.05) is 13.0 Å². The molecule has 0 aliphatic carbocycles. The molecule has 6 heteroatoms. The Labute approximate surface area is 68.5 Å². The molecule has 0 aromatic rings. The molecule has 1 saturated heterocycles. The molecular formula is C6H10FN3O2. The van der Waals surface area contributed by atoms with Crippen LogP contribution in [-0.4, -0.2) is 29.2 Å². The summed E-state index contributed by atoms with van der Waals surface area (Å²) in [5, 5.41) is 0. The standard InChI is InChI=1S/C6H10FN3O2/c7-6(4(8)11)2-1-3-10(6)5(9)12/h1-3H2,(H2,8,11)(H2,9,12). The summed E-state index contributed by atoms with van der Waals surface area (Å²) < 4.78 is 13.5. The molecular weight excluding hydrogens is 165 g/mol. The third kappa shape index (κ3) is 1.09. The van der Waals surface area contributed by atoms with Crippen LogP contribution in [0.1, 0.15) is 12.8 Å². The number of rotatable bonds is 1. The molecule has 1 rings (SSSR count). The summed E-state index contributed by atoms with van der Waals surface area (Å²) in [6.07, 6.45) is 0.341. The molecule has 0 bridgehead atoms. The van der Waals surface area contributed by atoms with Crippen molar-refractivity contribution in [3.8, 4) is 0 Å². The number of nitrogens with two attached hydrogens (primary N) is 2. The van der Waals surface area contributed by atoms with Gasteiger partial charge in [-0.1, -0.05) is 0 Å². The first kappa shape index (κ1) is 8.76. The van der Waals surface area contributed by atoms with Crippen molar-refractivity contribution < 1.29 is 14.0 Å². The summed E-state index contributed by atoms with van der Waals surface area (Å²) in [5.41, 5.74) is 9.65. The number of halogens is 1. The number of alkyl halides is 1. The summed E-state index contributed by atoms with van der Waals surface area (Å²) in [4.78, 5) is 21.9. The largest absolute Gasteiger partial charge is 0.365 e. The van der Waals surface area contributed by atoms with Gasteiger partial charge in [-0.15, -0.1) is 0 Å². The van der Waals surface area contributed by atoms with Gasteiger partial charge in [0.25, 0.3) is 11.7 Å². The number of amides is 3. The van der Waals surface area contributed by atoms with Crippen LogP contribution < -0.4 is 11.5 Å². The van der Waals surface area contributed by atoms with E-state index >= 15 is 0 Å². The monoisotopic (exact) mass is 175 g/mol. The highest BCUT2D eigenvalue weighted by atomic mass is 19.1. The lowest BCUT2D eigenvalue weighted by Gasteiger charge is -2.26. The van der Waals surface area contributed by atoms with Crippen LogP contribution >= 0.6 is 0 Å². The molecule has 12 heavy (non-hydrogen) atoms. The van der Waals surface area contributed by atoms with E-state index in [4.69, 9.17) is 11.5 Å². The molecule has 5 nitrogen and oxygen atoms in total. The number of urea groups is 1. The Morgan fingerprint density at radius 3 is 2.33 bits per heavy atom. The molecule has 68 valence electrons. The van der Waals surface area contributed by atoms with Gasteiger partial charge in [0.1, 0.15) is 0 Å². The maximum absolute atomic E-state index is 13.5. The van der Waals surface area contributed by atoms with Crippen molar-refractivity contribution in [3.63, 3.8) is 0 Å². The zero-order valence-corrected chi connectivity index (χ0v) is 6.42. The number of carbonyl (C=O) groups excluding carboxylic acids is 2. The molecule has 4 N–H and O–H groups in total. The minimum Gasteiger partial charge on any atom is -0.365 e. The van der Waals surface area contributed by atoms with Crippen molar-refractivity contribution in [2.24, 2.45) is 11.5 Å². The summed E-state index contributed by atoms with van der Waals surface area (Å²) >= 11 is 0. The fourth-order valence-corrected chi connectivity index (χ4v) is 1.32. The average molecular weight is 175 g/mol. The van der Waals surface area contributed by atoms with Gasteiger partial charge in [-0.2, -0.15) is 0 Å². The van der Waals surface area contributed by atoms with E-state index in [1.165, 1.54) is 0 Å². The zero-order valence-electron chi connectivity index (χ0n) is 6.42. The number of likely N-dealkylation sites (tertiary alicyclic amines) is 1. The van der Waals surface area contributed by atoms with E-state index in [1.54, 1.807) is 0 Å². The SMILES string of the molecule is NC(=O)N1CCCC1(F)C(N)=O. The number of nitrogens with zero attached hydrogens (tertiary/aromatic N) is 1. The van der Waals surface area contributed by atoms with Crippen LogP contribution in [0.3, 0.4) is 0 Å². The fourth-order valence-electron chi connectivity index (χ4n) is 1.32. The fraction of sp³-hybridized carbons (Fsp3) is 0.667. The Kier molecular flexibility index (Phi) is 1.91. The molecule has 0 aromatic heterocycles. The van der Waals surface area contributed by atoms with Gasteiger partial charge in [0.05, 0.1) is 0 Å². The van der Waals surface area contributed by atoms with Crippen LogP contribution in [0.25, 0.3) is 0 Å². The highest BCUT2D eigenvalue weighted by Gasteiger charge is 2.48. The van der Waals surface area contributed by atoms with E-state index in [9.17, 15) is 14.0 Å². The molecule has 1 heterocycles. The molecule has 0 radical (unpaired) electrons. The van der Waals surface area contributed by atoms with E-state index < -0.39 is 17.7 Å². The zero-order chi connectivity index (χ0) is 9.35. The van der Waals surface area contributed by atoms with Gasteiger partial charge in [0.2, 0.25) is 0 Å². The maximum atomic E-state index is 13.5. The molecule has 0 spiro atoms. The van der Waals surface area contributed by atoms with E-state index in [1.807, 2.05) is 0 Å². The summed E-state index contributed by atoms with van der Waals surface area (Å²) in [7, 11) is 0. The lowest BCUT2D eigenvalue weighted by molar-refractivity contribution is -0.136. The lowest BCUT2D eigenvalue weighted by Crippen LogP contribution is -2.54. The summed E-state index contributed by atoms with van der Waals surface area (Å²) in [6.45, 7) is 0.148. The molecule has 1 aliphatic heterocycles. The molecule has 1 fully saturated rings. The number of hydrogen-bond donors (Lipinski definition) is 2. The van der Waals surface area contributed by atoms with Gasteiger partial charge in [-0.3, -0.25) is 9.69 Å². The van der Waals surface area contributed by atoms with Gasteiger partial charge in [-0.05, 0) is 6.42 Å². The van der Waals surface area contributed by atoms with Crippen molar-refractivity contribution in [3.05, 3.63) is 0 Å². The van der Waals surface area contributed by atoms with E-state index in [0.717, 1.165) is 0 Å². The first-order valence-electron chi connectivity index (χ1n) is 3.54. The molecule has 0 aromatic carbocycles. The third-order valence-electron chi connectivity index (χ3n) is 1.96. The predicted molar refractivity (Wildman–Crippen MR) is 38.6 cm³/mol. The smallest absolute Gasteiger partial charge is 0.317 e. The van der Waals surface area contributed by atoms with Crippen molar-refractivity contribution in [2.45, 2.75) is 18.6 Å². The van der Waals surface area contributed by atoms with Crippen LogP contribution in [0.2, 0.25) is 0 Å². The minimum atomic E-state index is -2.37. The van der Waals surface area contributed by atoms with Crippen LogP contribution in [0.15, 0.2) is 0 Å². The predicted octanol–water partition coefficient (Wildman–Crippen LogP) is -0.688. The molecule has 1 unspecified atom stereocenters. The second-order valence-corrected chi connectivity index (χ2v) is 2.72. The maximum Gasteiger partial charge on any atom is 0.317 e. The van der Waals surface area contributed by atoms with Gasteiger partial charge >= 0.3 is 6.03 Å². The molecule has 3 amide bonds. The second-order valence-electron chi connectivity index (χ2n) is 2.72. The molecule has 1 atom stereocenters. The van der Waals surface area contributed by atoms with E-state index in [0.29, 0.717) is 11.3 Å². The van der Waals surface area contributed by atoms with Crippen molar-refractivity contribution in [1.29, 1.82) is 0 Å². The Morgan fingerprint density at radius 1 is 1.42 bits per heavy atom. The topological polar surface area (TPSA) is 89.4 Å². The van der Waals surface area contributed by atoms with Crippen molar-refractivity contribution in [2.75, 3.05) is 6.54 Å². The Bertz CT molecular complexity index is 233. The van der Waals surface area contributed by atoms with Crippen molar-refractivity contribution in [1.82, 2.24) is 4.90 Å². The normalized spacial score (nSPS) is 28.9. The number of carbonyl (C=O) groups is 2. The molecule has 0 saturated carbocycles. The minimum absolute atomic E-state index is 0.0642. The van der Waals surface area contributed by atoms with Gasteiger partial charge in [-0.25, -0.2) is 9.18 Å².